The van der Waals surface area contributed by atoms with Crippen LogP contribution in [0.4, 0.5) is 0 Å². The van der Waals surface area contributed by atoms with Crippen LogP contribution in [0.1, 0.15) is 18.3 Å². The minimum Gasteiger partial charge on any atom is -0.349 e. The Bertz CT molecular complexity index is 940. The van der Waals surface area contributed by atoms with E-state index in [1.54, 1.807) is 4.57 Å². The molecule has 3 rings (SSSR count). The first-order valence-corrected chi connectivity index (χ1v) is 7.97. The third kappa shape index (κ3) is 3.08. The molecule has 0 bridgehead atoms. The molecule has 24 heavy (non-hydrogen) atoms. The van der Waals surface area contributed by atoms with Crippen LogP contribution in [0.15, 0.2) is 47.3 Å². The van der Waals surface area contributed by atoms with Crippen LogP contribution in [0.25, 0.3) is 11.0 Å². The molecule has 124 valence electrons. The zero-order valence-corrected chi connectivity index (χ0v) is 13.8. The minimum absolute atomic E-state index is 0.00182. The van der Waals surface area contributed by atoms with E-state index in [9.17, 15) is 9.59 Å². The van der Waals surface area contributed by atoms with Crippen LogP contribution in [-0.2, 0) is 24.4 Å². The Morgan fingerprint density at radius 2 is 1.79 bits per heavy atom. The molecule has 0 unspecified atom stereocenters. The largest absolute Gasteiger partial charge is 0.349 e. The topological polar surface area (TPSA) is 68.9 Å². The van der Waals surface area contributed by atoms with Gasteiger partial charge in [-0.1, -0.05) is 18.2 Å². The third-order valence-corrected chi connectivity index (χ3v) is 3.96. The molecule has 1 amide bonds. The van der Waals surface area contributed by atoms with Gasteiger partial charge in [-0.3, -0.25) is 18.9 Å². The Balaban J connectivity index is 1.78. The molecule has 0 aliphatic carbocycles. The first-order valence-electron chi connectivity index (χ1n) is 7.97. The highest BCUT2D eigenvalue weighted by atomic mass is 16.2. The zero-order chi connectivity index (χ0) is 17.1. The van der Waals surface area contributed by atoms with Crippen molar-refractivity contribution in [3.05, 3.63) is 64.3 Å². The number of benzene rings is 1. The number of fused-ring (bicyclic) bond motifs is 1. The molecule has 0 aliphatic rings. The SMILES string of the molecule is CCn1c(=O)n(CC(=O)NCc2cccc(C)n2)c2ccccc21. The van der Waals surface area contributed by atoms with Gasteiger partial charge in [-0.15, -0.1) is 0 Å². The number of nitrogens with zero attached hydrogens (tertiary/aromatic N) is 3. The van der Waals surface area contributed by atoms with E-state index in [0.29, 0.717) is 13.1 Å². The smallest absolute Gasteiger partial charge is 0.329 e. The summed E-state index contributed by atoms with van der Waals surface area (Å²) in [5.74, 6) is -0.209. The van der Waals surface area contributed by atoms with Crippen molar-refractivity contribution in [3.63, 3.8) is 0 Å². The average molecular weight is 324 g/mol. The highest BCUT2D eigenvalue weighted by molar-refractivity contribution is 5.80. The second kappa shape index (κ2) is 6.70. The van der Waals surface area contributed by atoms with Crippen molar-refractivity contribution in [1.82, 2.24) is 19.4 Å². The average Bonchev–Trinajstić information content (AvgIpc) is 2.85. The molecule has 1 aromatic carbocycles. The number of aryl methyl sites for hydroxylation is 2. The molecule has 2 aromatic heterocycles. The Labute approximate surface area is 139 Å². The Morgan fingerprint density at radius 1 is 1.08 bits per heavy atom. The number of carbonyl (C=O) groups excluding carboxylic acids is 1. The van der Waals surface area contributed by atoms with Crippen LogP contribution in [-0.4, -0.2) is 20.0 Å². The molecule has 0 saturated carbocycles. The van der Waals surface area contributed by atoms with E-state index in [0.717, 1.165) is 22.4 Å². The second-order valence-corrected chi connectivity index (χ2v) is 5.65. The number of nitrogens with one attached hydrogen (secondary N) is 1. The van der Waals surface area contributed by atoms with Gasteiger partial charge in [0.15, 0.2) is 0 Å². The van der Waals surface area contributed by atoms with E-state index >= 15 is 0 Å². The van der Waals surface area contributed by atoms with Crippen LogP contribution in [0.3, 0.4) is 0 Å². The van der Waals surface area contributed by atoms with E-state index in [4.69, 9.17) is 0 Å². The number of aromatic nitrogens is 3. The van der Waals surface area contributed by atoms with Gasteiger partial charge in [-0.2, -0.15) is 0 Å². The number of amides is 1. The number of imidazole rings is 1. The number of hydrogen-bond donors (Lipinski definition) is 1. The van der Waals surface area contributed by atoms with E-state index in [1.165, 1.54) is 4.57 Å². The maximum absolute atomic E-state index is 12.5. The lowest BCUT2D eigenvalue weighted by Gasteiger charge is -2.06. The molecular formula is C18H20N4O2. The van der Waals surface area contributed by atoms with Gasteiger partial charge < -0.3 is 5.32 Å². The Kier molecular flexibility index (Phi) is 4.46. The van der Waals surface area contributed by atoms with Crippen LogP contribution in [0.5, 0.6) is 0 Å². The molecular weight excluding hydrogens is 304 g/mol. The van der Waals surface area contributed by atoms with Gasteiger partial charge in [0.05, 0.1) is 23.3 Å². The molecule has 0 radical (unpaired) electrons. The van der Waals surface area contributed by atoms with Gasteiger partial charge in [-0.05, 0) is 38.1 Å². The summed E-state index contributed by atoms with van der Waals surface area (Å²) >= 11 is 0. The molecule has 0 saturated heterocycles. The first kappa shape index (κ1) is 16.0. The lowest BCUT2D eigenvalue weighted by molar-refractivity contribution is -0.121. The van der Waals surface area contributed by atoms with E-state index in [-0.39, 0.29) is 18.1 Å². The molecule has 0 fully saturated rings. The summed E-state index contributed by atoms with van der Waals surface area (Å²) < 4.78 is 3.18. The molecule has 0 spiro atoms. The van der Waals surface area contributed by atoms with Gasteiger partial charge in [-0.25, -0.2) is 4.79 Å². The number of rotatable bonds is 5. The Morgan fingerprint density at radius 3 is 2.46 bits per heavy atom. The fourth-order valence-electron chi connectivity index (χ4n) is 2.82. The van der Waals surface area contributed by atoms with Gasteiger partial charge in [0, 0.05) is 12.2 Å². The molecule has 1 N–H and O–H groups in total. The molecule has 6 heteroatoms. The van der Waals surface area contributed by atoms with Gasteiger partial charge in [0.1, 0.15) is 6.54 Å². The maximum Gasteiger partial charge on any atom is 0.329 e. The van der Waals surface area contributed by atoms with Gasteiger partial charge in [0.2, 0.25) is 5.91 Å². The predicted octanol–water partition coefficient (Wildman–Crippen LogP) is 1.84. The van der Waals surface area contributed by atoms with Crippen LogP contribution >= 0.6 is 0 Å². The fraction of sp³-hybridized carbons (Fsp3) is 0.278. The van der Waals surface area contributed by atoms with Crippen LogP contribution < -0.4 is 11.0 Å². The summed E-state index contributed by atoms with van der Waals surface area (Å²) in [5.41, 5.74) is 3.16. The highest BCUT2D eigenvalue weighted by Crippen LogP contribution is 2.12. The van der Waals surface area contributed by atoms with Crippen LogP contribution in [0, 0.1) is 6.92 Å². The van der Waals surface area contributed by atoms with Crippen molar-refractivity contribution < 1.29 is 4.79 Å². The van der Waals surface area contributed by atoms with Gasteiger partial charge in [0.25, 0.3) is 0 Å². The molecule has 2 heterocycles. The van der Waals surface area contributed by atoms with Crippen molar-refractivity contribution in [2.75, 3.05) is 0 Å². The van der Waals surface area contributed by atoms with Crippen molar-refractivity contribution in [2.24, 2.45) is 0 Å². The van der Waals surface area contributed by atoms with Crippen molar-refractivity contribution in [2.45, 2.75) is 33.5 Å². The summed E-state index contributed by atoms with van der Waals surface area (Å²) in [6.45, 7) is 4.74. The van der Waals surface area contributed by atoms with Gasteiger partial charge >= 0.3 is 5.69 Å². The summed E-state index contributed by atoms with van der Waals surface area (Å²) in [7, 11) is 0. The lowest BCUT2D eigenvalue weighted by Crippen LogP contribution is -2.32. The van der Waals surface area contributed by atoms with E-state index < -0.39 is 0 Å². The summed E-state index contributed by atoms with van der Waals surface area (Å²) in [4.78, 5) is 29.1. The van der Waals surface area contributed by atoms with Crippen molar-refractivity contribution >= 4 is 16.9 Å². The maximum atomic E-state index is 12.5. The van der Waals surface area contributed by atoms with E-state index in [2.05, 4.69) is 10.3 Å². The zero-order valence-electron chi connectivity index (χ0n) is 13.8. The lowest BCUT2D eigenvalue weighted by atomic mass is 10.3. The van der Waals surface area contributed by atoms with Crippen LogP contribution in [0.2, 0.25) is 0 Å². The normalized spacial score (nSPS) is 10.9. The third-order valence-electron chi connectivity index (χ3n) is 3.96. The van der Waals surface area contributed by atoms with E-state index in [1.807, 2.05) is 56.3 Å². The Hall–Kier alpha value is -2.89. The molecule has 0 aliphatic heterocycles. The predicted molar refractivity (Wildman–Crippen MR) is 92.7 cm³/mol. The summed E-state index contributed by atoms with van der Waals surface area (Å²) in [5, 5.41) is 2.82. The minimum atomic E-state index is -0.209. The number of para-hydroxylation sites is 2. The highest BCUT2D eigenvalue weighted by Gasteiger charge is 2.14. The fourth-order valence-corrected chi connectivity index (χ4v) is 2.82. The second-order valence-electron chi connectivity index (χ2n) is 5.65. The first-order chi connectivity index (χ1) is 11.6. The monoisotopic (exact) mass is 324 g/mol. The number of pyridine rings is 1. The quantitative estimate of drug-likeness (QED) is 0.778. The molecule has 0 atom stereocenters. The van der Waals surface area contributed by atoms with Crippen molar-refractivity contribution in [3.8, 4) is 0 Å². The number of hydrogen-bond acceptors (Lipinski definition) is 3. The summed E-state index contributed by atoms with van der Waals surface area (Å²) in [6.07, 6.45) is 0. The molecule has 6 nitrogen and oxygen atoms in total. The standard InChI is InChI=1S/C18H20N4O2/c1-3-21-15-9-4-5-10-16(15)22(18(21)24)12-17(23)19-11-14-8-6-7-13(2)20-14/h4-10H,3,11-12H2,1-2H3,(H,19,23). The molecule has 3 aromatic rings. The number of carbonyl (C=O) groups is 1. The summed E-state index contributed by atoms with van der Waals surface area (Å²) in [6, 6.07) is 13.2. The van der Waals surface area contributed by atoms with Crippen molar-refractivity contribution in [1.29, 1.82) is 0 Å².